The van der Waals surface area contributed by atoms with Gasteiger partial charge in [0.15, 0.2) is 0 Å². The first-order valence-corrected chi connectivity index (χ1v) is 7.63. The van der Waals surface area contributed by atoms with Crippen LogP contribution in [0.2, 0.25) is 0 Å². The second-order valence-electron chi connectivity index (χ2n) is 3.41. The number of hydrogen-bond donors (Lipinski definition) is 0. The standard InChI is InChI=1S/C11H11NO2S3/c1-2-14-11(13)9-7-3-4-16-5-8(7)17-10(9)12-6-15/h2-5H2,1H3. The van der Waals surface area contributed by atoms with Gasteiger partial charge in [-0.3, -0.25) is 0 Å². The van der Waals surface area contributed by atoms with Crippen molar-refractivity contribution in [2.24, 2.45) is 4.99 Å². The Morgan fingerprint density at radius 3 is 3.18 bits per heavy atom. The summed E-state index contributed by atoms with van der Waals surface area (Å²) >= 11 is 8.01. The van der Waals surface area contributed by atoms with E-state index >= 15 is 0 Å². The van der Waals surface area contributed by atoms with E-state index in [0.717, 1.165) is 23.5 Å². The first kappa shape index (κ1) is 12.8. The van der Waals surface area contributed by atoms with E-state index in [-0.39, 0.29) is 5.97 Å². The number of thioether (sulfide) groups is 1. The van der Waals surface area contributed by atoms with Crippen molar-refractivity contribution in [3.63, 3.8) is 0 Å². The minimum Gasteiger partial charge on any atom is -0.462 e. The molecule has 90 valence electrons. The number of isothiocyanates is 1. The summed E-state index contributed by atoms with van der Waals surface area (Å²) in [6.45, 7) is 2.17. The molecule has 0 atom stereocenters. The van der Waals surface area contributed by atoms with Crippen molar-refractivity contribution in [1.82, 2.24) is 0 Å². The summed E-state index contributed by atoms with van der Waals surface area (Å²) in [6, 6.07) is 0. The van der Waals surface area contributed by atoms with Crippen LogP contribution >= 0.6 is 35.3 Å². The fourth-order valence-corrected chi connectivity index (χ4v) is 4.20. The highest BCUT2D eigenvalue weighted by Gasteiger charge is 2.26. The smallest absolute Gasteiger partial charge is 0.341 e. The van der Waals surface area contributed by atoms with Crippen LogP contribution in [0, 0.1) is 0 Å². The van der Waals surface area contributed by atoms with Gasteiger partial charge in [-0.25, -0.2) is 4.79 Å². The minimum absolute atomic E-state index is 0.291. The van der Waals surface area contributed by atoms with Gasteiger partial charge in [0.25, 0.3) is 0 Å². The monoisotopic (exact) mass is 285 g/mol. The highest BCUT2D eigenvalue weighted by molar-refractivity contribution is 7.98. The number of esters is 1. The third-order valence-corrected chi connectivity index (χ3v) is 4.81. The van der Waals surface area contributed by atoms with Crippen LogP contribution in [0.5, 0.6) is 0 Å². The Hall–Kier alpha value is -0.680. The summed E-state index contributed by atoms with van der Waals surface area (Å²) in [5, 5.41) is 2.98. The molecule has 1 aliphatic heterocycles. The molecule has 0 spiro atoms. The van der Waals surface area contributed by atoms with E-state index < -0.39 is 0 Å². The molecule has 2 heterocycles. The van der Waals surface area contributed by atoms with Crippen LogP contribution in [0.4, 0.5) is 5.00 Å². The van der Waals surface area contributed by atoms with E-state index in [2.05, 4.69) is 22.4 Å². The van der Waals surface area contributed by atoms with Crippen LogP contribution in [-0.2, 0) is 16.9 Å². The van der Waals surface area contributed by atoms with Crippen molar-refractivity contribution >= 4 is 51.4 Å². The molecule has 0 saturated carbocycles. The van der Waals surface area contributed by atoms with E-state index in [4.69, 9.17) is 4.74 Å². The number of thiocarbonyl (C=S) groups is 1. The maximum Gasteiger partial charge on any atom is 0.341 e. The summed E-state index contributed by atoms with van der Waals surface area (Å²) in [5.41, 5.74) is 1.70. The molecule has 6 heteroatoms. The number of thiophene rings is 1. The molecule has 0 aliphatic carbocycles. The number of aliphatic imine (C=N–C) groups is 1. The molecule has 0 radical (unpaired) electrons. The number of carbonyl (C=O) groups excluding carboxylic acids is 1. The third kappa shape index (κ3) is 2.60. The van der Waals surface area contributed by atoms with Gasteiger partial charge >= 0.3 is 5.97 Å². The van der Waals surface area contributed by atoms with Gasteiger partial charge in [-0.2, -0.15) is 16.8 Å². The number of nitrogens with zero attached hydrogens (tertiary/aromatic N) is 1. The van der Waals surface area contributed by atoms with E-state index in [1.807, 2.05) is 11.8 Å². The molecule has 0 bridgehead atoms. The first-order chi connectivity index (χ1) is 8.27. The lowest BCUT2D eigenvalue weighted by Gasteiger charge is -2.11. The molecule has 17 heavy (non-hydrogen) atoms. The number of hydrogen-bond acceptors (Lipinski definition) is 6. The van der Waals surface area contributed by atoms with Crippen LogP contribution in [0.3, 0.4) is 0 Å². The maximum atomic E-state index is 11.9. The van der Waals surface area contributed by atoms with Crippen LogP contribution < -0.4 is 0 Å². The van der Waals surface area contributed by atoms with Gasteiger partial charge in [-0.05, 0) is 36.9 Å². The summed E-state index contributed by atoms with van der Waals surface area (Å²) in [6.07, 6.45) is 0.900. The number of fused-ring (bicyclic) bond motifs is 1. The number of ether oxygens (including phenoxy) is 1. The topological polar surface area (TPSA) is 38.7 Å². The SMILES string of the molecule is CCOC(=O)c1c(N=C=S)sc2c1CCSC2. The molecule has 0 unspecified atom stereocenters. The van der Waals surface area contributed by atoms with Gasteiger partial charge in [-0.15, -0.1) is 11.3 Å². The molecule has 0 amide bonds. The molecule has 1 aliphatic rings. The molecule has 0 N–H and O–H groups in total. The highest BCUT2D eigenvalue weighted by atomic mass is 32.2. The van der Waals surface area contributed by atoms with E-state index in [1.54, 1.807) is 6.92 Å². The molecule has 1 aromatic heterocycles. The van der Waals surface area contributed by atoms with Crippen LogP contribution in [0.25, 0.3) is 0 Å². The summed E-state index contributed by atoms with van der Waals surface area (Å²) in [5.74, 6) is 1.69. The highest BCUT2D eigenvalue weighted by Crippen LogP contribution is 2.41. The number of rotatable bonds is 3. The maximum absolute atomic E-state index is 11.9. The quantitative estimate of drug-likeness (QED) is 0.484. The predicted octanol–water partition coefficient (Wildman–Crippen LogP) is 3.45. The second-order valence-corrected chi connectivity index (χ2v) is 5.78. The zero-order valence-corrected chi connectivity index (χ0v) is 11.8. The normalized spacial score (nSPS) is 13.7. The summed E-state index contributed by atoms with van der Waals surface area (Å²) < 4.78 is 5.08. The minimum atomic E-state index is -0.291. The van der Waals surface area contributed by atoms with E-state index in [1.165, 1.54) is 16.2 Å². The first-order valence-electron chi connectivity index (χ1n) is 5.25. The molecular weight excluding hydrogens is 274 g/mol. The van der Waals surface area contributed by atoms with Gasteiger partial charge < -0.3 is 4.74 Å². The average Bonchev–Trinajstić information content (AvgIpc) is 2.67. The zero-order chi connectivity index (χ0) is 12.3. The largest absolute Gasteiger partial charge is 0.462 e. The van der Waals surface area contributed by atoms with Crippen LogP contribution in [-0.4, -0.2) is 23.5 Å². The van der Waals surface area contributed by atoms with Gasteiger partial charge in [0.2, 0.25) is 0 Å². The van der Waals surface area contributed by atoms with Crippen molar-refractivity contribution in [1.29, 1.82) is 0 Å². The zero-order valence-electron chi connectivity index (χ0n) is 9.32. The van der Waals surface area contributed by atoms with Gasteiger partial charge in [0.05, 0.1) is 11.8 Å². The van der Waals surface area contributed by atoms with E-state index in [9.17, 15) is 4.79 Å². The fraction of sp³-hybridized carbons (Fsp3) is 0.455. The molecule has 2 rings (SSSR count). The predicted molar refractivity (Wildman–Crippen MR) is 74.8 cm³/mol. The Labute approximate surface area is 113 Å². The van der Waals surface area contributed by atoms with Crippen molar-refractivity contribution in [2.45, 2.75) is 19.1 Å². The van der Waals surface area contributed by atoms with Crippen molar-refractivity contribution in [3.05, 3.63) is 16.0 Å². The third-order valence-electron chi connectivity index (χ3n) is 2.43. The molecule has 0 aromatic carbocycles. The Bertz CT molecular complexity index is 489. The second kappa shape index (κ2) is 5.78. The van der Waals surface area contributed by atoms with Crippen molar-refractivity contribution < 1.29 is 9.53 Å². The summed E-state index contributed by atoms with van der Waals surface area (Å²) in [4.78, 5) is 17.1. The molecule has 3 nitrogen and oxygen atoms in total. The van der Waals surface area contributed by atoms with Crippen molar-refractivity contribution in [3.8, 4) is 0 Å². The number of carbonyl (C=O) groups is 1. The van der Waals surface area contributed by atoms with Gasteiger partial charge in [0.1, 0.15) is 10.6 Å². The van der Waals surface area contributed by atoms with Gasteiger partial charge in [-0.1, -0.05) is 0 Å². The Kier molecular flexibility index (Phi) is 4.34. The van der Waals surface area contributed by atoms with Crippen molar-refractivity contribution in [2.75, 3.05) is 12.4 Å². The van der Waals surface area contributed by atoms with Gasteiger partial charge in [0, 0.05) is 10.6 Å². The molecular formula is C11H11NO2S3. The lowest BCUT2D eigenvalue weighted by Crippen LogP contribution is -2.09. The lowest BCUT2D eigenvalue weighted by atomic mass is 10.1. The van der Waals surface area contributed by atoms with Crippen LogP contribution in [0.15, 0.2) is 4.99 Å². The fourth-order valence-electron chi connectivity index (χ4n) is 1.75. The van der Waals surface area contributed by atoms with Crippen LogP contribution in [0.1, 0.15) is 27.7 Å². The molecule has 0 fully saturated rings. The average molecular weight is 285 g/mol. The molecule has 0 saturated heterocycles. The summed E-state index contributed by atoms with van der Waals surface area (Å²) in [7, 11) is 0. The lowest BCUT2D eigenvalue weighted by molar-refractivity contribution is 0.0526. The van der Waals surface area contributed by atoms with E-state index in [0.29, 0.717) is 17.2 Å². The Morgan fingerprint density at radius 2 is 2.47 bits per heavy atom. The molecule has 1 aromatic rings. The Morgan fingerprint density at radius 1 is 1.65 bits per heavy atom. The Balaban J connectivity index is 2.48.